The summed E-state index contributed by atoms with van der Waals surface area (Å²) in [5.74, 6) is 5.03. The lowest BCUT2D eigenvalue weighted by Crippen LogP contribution is -2.53. The SMILES string of the molecule is C#Cc1ccc(C2=[N+]([O-])C(C)(C)C(C)(C)N2[O])cc1C#C. The number of hydroxylamine groups is 3. The summed E-state index contributed by atoms with van der Waals surface area (Å²) in [6, 6.07) is 4.91. The number of amidine groups is 1. The highest BCUT2D eigenvalue weighted by Gasteiger charge is 2.59. The zero-order valence-electron chi connectivity index (χ0n) is 12.6. The van der Waals surface area contributed by atoms with Gasteiger partial charge in [-0.3, -0.25) is 4.74 Å². The zero-order valence-corrected chi connectivity index (χ0v) is 12.6. The van der Waals surface area contributed by atoms with E-state index >= 15 is 0 Å². The van der Waals surface area contributed by atoms with Gasteiger partial charge in [0.2, 0.25) is 0 Å². The van der Waals surface area contributed by atoms with Crippen LogP contribution in [0.25, 0.3) is 0 Å². The molecule has 0 atom stereocenters. The van der Waals surface area contributed by atoms with Crippen LogP contribution in [0.4, 0.5) is 0 Å². The van der Waals surface area contributed by atoms with Crippen molar-refractivity contribution in [3.05, 3.63) is 40.1 Å². The predicted molar refractivity (Wildman–Crippen MR) is 80.7 cm³/mol. The maximum Gasteiger partial charge on any atom is 0.316 e. The Balaban J connectivity index is 2.66. The minimum Gasteiger partial charge on any atom is -0.714 e. The summed E-state index contributed by atoms with van der Waals surface area (Å²) in [6.45, 7) is 6.98. The highest BCUT2D eigenvalue weighted by atomic mass is 16.5. The highest BCUT2D eigenvalue weighted by molar-refractivity contribution is 5.96. The van der Waals surface area contributed by atoms with E-state index in [1.54, 1.807) is 45.9 Å². The lowest BCUT2D eigenvalue weighted by Gasteiger charge is -2.32. The summed E-state index contributed by atoms with van der Waals surface area (Å²) in [6.07, 6.45) is 10.8. The number of hydrogen-bond donors (Lipinski definition) is 0. The Hall–Kier alpha value is -2.43. The van der Waals surface area contributed by atoms with Crippen molar-refractivity contribution in [2.75, 3.05) is 0 Å². The summed E-state index contributed by atoms with van der Waals surface area (Å²) < 4.78 is 0.755. The minimum atomic E-state index is -0.856. The molecule has 1 radical (unpaired) electrons. The molecule has 1 aliphatic heterocycles. The second-order valence-corrected chi connectivity index (χ2v) is 6.08. The Bertz CT molecular complexity index is 715. The van der Waals surface area contributed by atoms with Gasteiger partial charge in [0.25, 0.3) is 0 Å². The molecule has 0 aromatic heterocycles. The van der Waals surface area contributed by atoms with E-state index in [1.807, 2.05) is 0 Å². The Morgan fingerprint density at radius 1 is 1.14 bits per heavy atom. The minimum absolute atomic E-state index is 0.0603. The van der Waals surface area contributed by atoms with E-state index in [-0.39, 0.29) is 5.84 Å². The van der Waals surface area contributed by atoms with Crippen LogP contribution >= 0.6 is 0 Å². The van der Waals surface area contributed by atoms with Gasteiger partial charge < -0.3 is 5.21 Å². The van der Waals surface area contributed by atoms with E-state index in [0.29, 0.717) is 16.7 Å². The van der Waals surface area contributed by atoms with Gasteiger partial charge in [-0.05, 0) is 45.9 Å². The molecule has 0 fully saturated rings. The van der Waals surface area contributed by atoms with Crippen LogP contribution in [0.1, 0.15) is 44.4 Å². The summed E-state index contributed by atoms with van der Waals surface area (Å²) >= 11 is 0. The first-order chi connectivity index (χ1) is 9.68. The third kappa shape index (κ3) is 1.88. The molecule has 0 bridgehead atoms. The van der Waals surface area contributed by atoms with E-state index in [2.05, 4.69) is 11.8 Å². The van der Waals surface area contributed by atoms with Gasteiger partial charge in [-0.1, -0.05) is 16.9 Å². The first-order valence-corrected chi connectivity index (χ1v) is 6.57. The van der Waals surface area contributed by atoms with Crippen molar-refractivity contribution >= 4 is 5.84 Å². The number of hydrogen-bond acceptors (Lipinski definition) is 2. The molecule has 2 rings (SSSR count). The highest BCUT2D eigenvalue weighted by Crippen LogP contribution is 2.37. The van der Waals surface area contributed by atoms with Gasteiger partial charge in [0, 0.05) is 16.3 Å². The van der Waals surface area contributed by atoms with Crippen LogP contribution in [0.5, 0.6) is 0 Å². The molecule has 1 aliphatic rings. The smallest absolute Gasteiger partial charge is 0.316 e. The average Bonchev–Trinajstić information content (AvgIpc) is 2.57. The molecule has 1 aromatic rings. The molecule has 0 N–H and O–H groups in total. The maximum absolute atomic E-state index is 12.6. The van der Waals surface area contributed by atoms with Gasteiger partial charge in [0.05, 0.1) is 5.56 Å². The van der Waals surface area contributed by atoms with E-state index in [1.165, 1.54) is 0 Å². The topological polar surface area (TPSA) is 49.2 Å². The third-order valence-electron chi connectivity index (χ3n) is 4.49. The predicted octanol–water partition coefficient (Wildman–Crippen LogP) is 2.12. The van der Waals surface area contributed by atoms with Crippen molar-refractivity contribution in [1.82, 2.24) is 5.06 Å². The van der Waals surface area contributed by atoms with E-state index in [0.717, 1.165) is 9.80 Å². The molecular formula is C17H17N2O2. The molecule has 21 heavy (non-hydrogen) atoms. The van der Waals surface area contributed by atoms with Crippen LogP contribution < -0.4 is 0 Å². The van der Waals surface area contributed by atoms with Crippen LogP contribution in [0.2, 0.25) is 0 Å². The zero-order chi connectivity index (χ0) is 16.0. The summed E-state index contributed by atoms with van der Waals surface area (Å²) in [7, 11) is 0. The molecule has 0 aliphatic carbocycles. The first-order valence-electron chi connectivity index (χ1n) is 6.57. The molecule has 1 heterocycles. The van der Waals surface area contributed by atoms with Crippen LogP contribution in [0.15, 0.2) is 18.2 Å². The Kier molecular flexibility index (Phi) is 3.24. The van der Waals surface area contributed by atoms with Crippen molar-refractivity contribution in [2.45, 2.75) is 38.8 Å². The number of rotatable bonds is 1. The van der Waals surface area contributed by atoms with Gasteiger partial charge in [-0.25, -0.2) is 0 Å². The van der Waals surface area contributed by atoms with Crippen molar-refractivity contribution in [1.29, 1.82) is 0 Å². The Morgan fingerprint density at radius 3 is 2.14 bits per heavy atom. The normalized spacial score (nSPS) is 19.3. The Labute approximate surface area is 125 Å². The fourth-order valence-electron chi connectivity index (χ4n) is 2.27. The van der Waals surface area contributed by atoms with Crippen molar-refractivity contribution in [3.8, 4) is 24.7 Å². The molecule has 1 aromatic carbocycles. The van der Waals surface area contributed by atoms with Crippen LogP contribution in [-0.2, 0) is 5.21 Å². The standard InChI is InChI=1S/C17H17N2O2/c1-7-12-9-10-14(11-13(12)8-2)15-18(20)16(3,4)17(5,6)19(15)21/h1-2,9-11H,3-6H3. The summed E-state index contributed by atoms with van der Waals surface area (Å²) in [5.41, 5.74) is -0.179. The molecule has 0 spiro atoms. The third-order valence-corrected chi connectivity index (χ3v) is 4.49. The van der Waals surface area contributed by atoms with Gasteiger partial charge in [-0.15, -0.1) is 12.8 Å². The van der Waals surface area contributed by atoms with Gasteiger partial charge in [0.1, 0.15) is 5.54 Å². The monoisotopic (exact) mass is 281 g/mol. The van der Waals surface area contributed by atoms with Crippen molar-refractivity contribution in [3.63, 3.8) is 0 Å². The van der Waals surface area contributed by atoms with Crippen LogP contribution in [0.3, 0.4) is 0 Å². The lowest BCUT2D eigenvalue weighted by molar-refractivity contribution is -0.539. The number of nitrogens with zero attached hydrogens (tertiary/aromatic N) is 2. The van der Waals surface area contributed by atoms with Gasteiger partial charge >= 0.3 is 5.84 Å². The Morgan fingerprint density at radius 2 is 1.71 bits per heavy atom. The molecule has 0 saturated heterocycles. The molecule has 0 saturated carbocycles. The molecule has 107 valence electrons. The van der Waals surface area contributed by atoms with E-state index < -0.39 is 11.1 Å². The number of benzene rings is 1. The van der Waals surface area contributed by atoms with E-state index in [9.17, 15) is 10.4 Å². The van der Waals surface area contributed by atoms with Crippen molar-refractivity contribution in [2.24, 2.45) is 0 Å². The van der Waals surface area contributed by atoms with Crippen LogP contribution in [-0.4, -0.2) is 26.7 Å². The second kappa shape index (κ2) is 4.55. The first kappa shape index (κ1) is 15.0. The quantitative estimate of drug-likeness (QED) is 0.450. The van der Waals surface area contributed by atoms with Crippen molar-refractivity contribution < 1.29 is 9.95 Å². The average molecular weight is 281 g/mol. The maximum atomic E-state index is 12.6. The molecular weight excluding hydrogens is 264 g/mol. The van der Waals surface area contributed by atoms with Gasteiger partial charge in [-0.2, -0.15) is 0 Å². The largest absolute Gasteiger partial charge is 0.714 e. The molecule has 0 unspecified atom stereocenters. The van der Waals surface area contributed by atoms with Crippen LogP contribution in [0, 0.1) is 29.9 Å². The summed E-state index contributed by atoms with van der Waals surface area (Å²) in [4.78, 5) is 0. The lowest BCUT2D eigenvalue weighted by atomic mass is 9.84. The fourth-order valence-corrected chi connectivity index (χ4v) is 2.27. The summed E-state index contributed by atoms with van der Waals surface area (Å²) in [5, 5.41) is 25.9. The second-order valence-electron chi connectivity index (χ2n) is 6.08. The molecule has 4 nitrogen and oxygen atoms in total. The fraction of sp³-hybridized carbons (Fsp3) is 0.353. The molecule has 0 amide bonds. The molecule has 4 heteroatoms. The van der Waals surface area contributed by atoms with E-state index in [4.69, 9.17) is 12.8 Å². The van der Waals surface area contributed by atoms with Gasteiger partial charge in [0.15, 0.2) is 5.54 Å². The number of terminal acetylenes is 2.